The molecule has 0 aliphatic rings. The van der Waals surface area contributed by atoms with Gasteiger partial charge in [-0.2, -0.15) is 0 Å². The normalized spacial score (nSPS) is 12.3. The number of nitrogens with zero attached hydrogens (tertiary/aromatic N) is 2. The number of carbonyl (C=O) groups excluding carboxylic acids is 1. The molecular weight excluding hydrogens is 370 g/mol. The summed E-state index contributed by atoms with van der Waals surface area (Å²) in [4.78, 5) is 16.7. The van der Waals surface area contributed by atoms with Gasteiger partial charge in [-0.25, -0.2) is 4.98 Å². The van der Waals surface area contributed by atoms with Crippen molar-refractivity contribution in [2.75, 3.05) is 11.9 Å². The van der Waals surface area contributed by atoms with E-state index in [9.17, 15) is 9.90 Å². The third kappa shape index (κ3) is 3.20. The predicted molar refractivity (Wildman–Crippen MR) is 98.3 cm³/mol. The summed E-state index contributed by atoms with van der Waals surface area (Å²) in [5.74, 6) is 0.356. The largest absolute Gasteiger partial charge is 0.396 e. The molecule has 5 nitrogen and oxygen atoms in total. The number of hydrogen-bond donors (Lipinski definition) is 2. The van der Waals surface area contributed by atoms with Crippen LogP contribution in [0.2, 0.25) is 0 Å². The maximum atomic E-state index is 12.4. The van der Waals surface area contributed by atoms with E-state index in [-0.39, 0.29) is 18.4 Å². The number of aromatic nitrogens is 2. The molecule has 0 aliphatic carbocycles. The van der Waals surface area contributed by atoms with Gasteiger partial charge < -0.3 is 15.0 Å². The molecule has 1 amide bonds. The van der Waals surface area contributed by atoms with Crippen LogP contribution in [-0.4, -0.2) is 27.2 Å². The summed E-state index contributed by atoms with van der Waals surface area (Å²) in [6.45, 7) is 2.02. The van der Waals surface area contributed by atoms with Gasteiger partial charge in [-0.3, -0.25) is 4.79 Å². The van der Waals surface area contributed by atoms with Crippen LogP contribution in [0.25, 0.3) is 10.9 Å². The van der Waals surface area contributed by atoms with Crippen LogP contribution in [0.5, 0.6) is 0 Å². The van der Waals surface area contributed by atoms with Gasteiger partial charge in [-0.1, -0.05) is 19.1 Å². The first kappa shape index (κ1) is 16.7. The van der Waals surface area contributed by atoms with E-state index >= 15 is 0 Å². The molecule has 6 heteroatoms. The quantitative estimate of drug-likeness (QED) is 0.717. The Hall–Kier alpha value is -2.18. The molecular formula is C18H18BrN3O2. The molecule has 1 aromatic carbocycles. The smallest absolute Gasteiger partial charge is 0.256 e. The second-order valence-corrected chi connectivity index (χ2v) is 6.69. The molecule has 3 rings (SSSR count). The van der Waals surface area contributed by atoms with Gasteiger partial charge in [0.25, 0.3) is 5.91 Å². The Balaban J connectivity index is 1.80. The van der Waals surface area contributed by atoms with Gasteiger partial charge in [-0.15, -0.1) is 0 Å². The second-order valence-electron chi connectivity index (χ2n) is 5.83. The number of hydrogen-bond acceptors (Lipinski definition) is 3. The molecule has 124 valence electrons. The Morgan fingerprint density at radius 1 is 1.38 bits per heavy atom. The highest BCUT2D eigenvalue weighted by Crippen LogP contribution is 2.26. The van der Waals surface area contributed by atoms with Crippen molar-refractivity contribution in [2.45, 2.75) is 12.8 Å². The highest BCUT2D eigenvalue weighted by Gasteiger charge is 2.11. The second kappa shape index (κ2) is 6.75. The number of nitrogens with one attached hydrogen (secondary N) is 1. The fourth-order valence-corrected chi connectivity index (χ4v) is 3.17. The van der Waals surface area contributed by atoms with E-state index in [1.54, 1.807) is 18.3 Å². The van der Waals surface area contributed by atoms with Crippen molar-refractivity contribution in [3.05, 3.63) is 58.3 Å². The van der Waals surface area contributed by atoms with Crippen LogP contribution in [0.3, 0.4) is 0 Å². The molecule has 24 heavy (non-hydrogen) atoms. The predicted octanol–water partition coefficient (Wildman–Crippen LogP) is 3.68. The van der Waals surface area contributed by atoms with Gasteiger partial charge >= 0.3 is 0 Å². The molecule has 0 bridgehead atoms. The van der Waals surface area contributed by atoms with Crippen molar-refractivity contribution in [1.29, 1.82) is 0 Å². The standard InChI is InChI=1S/C18H18BrN3O2/c1-11(10-23)12-3-5-13(6-4-12)18(24)21-17-7-16-14(8-20-17)15(19)9-22(16)2/h3-9,11,23H,10H2,1-2H3,(H,20,21,24). The number of amides is 1. The number of fused-ring (bicyclic) bond motifs is 1. The van der Waals surface area contributed by atoms with Crippen LogP contribution in [0.1, 0.15) is 28.8 Å². The molecule has 1 atom stereocenters. The molecule has 1 unspecified atom stereocenters. The van der Waals surface area contributed by atoms with Gasteiger partial charge in [0.15, 0.2) is 0 Å². The van der Waals surface area contributed by atoms with E-state index in [0.29, 0.717) is 11.4 Å². The van der Waals surface area contributed by atoms with E-state index in [1.807, 2.05) is 42.9 Å². The molecule has 0 aliphatic heterocycles. The maximum Gasteiger partial charge on any atom is 0.256 e. The van der Waals surface area contributed by atoms with E-state index < -0.39 is 0 Å². The lowest BCUT2D eigenvalue weighted by Gasteiger charge is -2.09. The number of benzene rings is 1. The number of rotatable bonds is 4. The molecule has 0 spiro atoms. The Labute approximate surface area is 148 Å². The summed E-state index contributed by atoms with van der Waals surface area (Å²) in [5.41, 5.74) is 2.54. The Bertz CT molecular complexity index is 887. The minimum Gasteiger partial charge on any atom is -0.396 e. The minimum absolute atomic E-state index is 0.0574. The van der Waals surface area contributed by atoms with Gasteiger partial charge in [0.2, 0.25) is 0 Å². The zero-order valence-electron chi connectivity index (χ0n) is 13.5. The third-order valence-corrected chi connectivity index (χ3v) is 4.72. The number of pyridine rings is 1. The maximum absolute atomic E-state index is 12.4. The number of halogens is 1. The number of aliphatic hydroxyl groups is 1. The fraction of sp³-hybridized carbons (Fsp3) is 0.222. The minimum atomic E-state index is -0.210. The summed E-state index contributed by atoms with van der Waals surface area (Å²) in [5, 5.41) is 13.0. The van der Waals surface area contributed by atoms with Gasteiger partial charge in [0, 0.05) is 53.5 Å². The first-order valence-corrected chi connectivity index (χ1v) is 8.41. The lowest BCUT2D eigenvalue weighted by atomic mass is 10.0. The number of carbonyl (C=O) groups is 1. The van der Waals surface area contributed by atoms with Crippen molar-refractivity contribution >= 4 is 38.6 Å². The molecule has 0 saturated carbocycles. The monoisotopic (exact) mass is 387 g/mol. The Kier molecular flexibility index (Phi) is 4.69. The highest BCUT2D eigenvalue weighted by molar-refractivity contribution is 9.10. The SMILES string of the molecule is CC(CO)c1ccc(C(=O)Nc2cc3c(cn2)c(Br)cn3C)cc1. The third-order valence-electron chi connectivity index (χ3n) is 4.08. The Morgan fingerprint density at radius 2 is 2.08 bits per heavy atom. The highest BCUT2D eigenvalue weighted by atomic mass is 79.9. The van der Waals surface area contributed by atoms with E-state index in [1.165, 1.54) is 0 Å². The van der Waals surface area contributed by atoms with Gasteiger partial charge in [0.1, 0.15) is 5.82 Å². The van der Waals surface area contributed by atoms with Gasteiger partial charge in [0.05, 0.1) is 5.52 Å². The molecule has 2 heterocycles. The topological polar surface area (TPSA) is 67.2 Å². The van der Waals surface area contributed by atoms with Crippen LogP contribution in [0, 0.1) is 0 Å². The lowest BCUT2D eigenvalue weighted by molar-refractivity contribution is 0.102. The zero-order chi connectivity index (χ0) is 17.3. The summed E-state index contributed by atoms with van der Waals surface area (Å²) in [6, 6.07) is 9.09. The van der Waals surface area contributed by atoms with Crippen LogP contribution < -0.4 is 5.32 Å². The van der Waals surface area contributed by atoms with Crippen LogP contribution >= 0.6 is 15.9 Å². The van der Waals surface area contributed by atoms with Crippen molar-refractivity contribution in [2.24, 2.45) is 7.05 Å². The van der Waals surface area contributed by atoms with Crippen molar-refractivity contribution < 1.29 is 9.90 Å². The molecule has 3 aromatic rings. The fourth-order valence-electron chi connectivity index (χ4n) is 2.55. The molecule has 0 fully saturated rings. The van der Waals surface area contributed by atoms with E-state index in [2.05, 4.69) is 26.2 Å². The van der Waals surface area contributed by atoms with Crippen LogP contribution in [0.4, 0.5) is 5.82 Å². The molecule has 0 saturated heterocycles. The van der Waals surface area contributed by atoms with Crippen molar-refractivity contribution in [3.8, 4) is 0 Å². The summed E-state index contributed by atoms with van der Waals surface area (Å²) >= 11 is 3.49. The first-order valence-electron chi connectivity index (χ1n) is 7.62. The number of aliphatic hydroxyl groups excluding tert-OH is 1. The average Bonchev–Trinajstić information content (AvgIpc) is 2.88. The lowest BCUT2D eigenvalue weighted by Crippen LogP contribution is -2.13. The summed E-state index contributed by atoms with van der Waals surface area (Å²) in [7, 11) is 1.94. The summed E-state index contributed by atoms with van der Waals surface area (Å²) in [6.07, 6.45) is 3.69. The first-order chi connectivity index (χ1) is 11.5. The van der Waals surface area contributed by atoms with E-state index in [4.69, 9.17) is 0 Å². The van der Waals surface area contributed by atoms with Crippen molar-refractivity contribution in [1.82, 2.24) is 9.55 Å². The molecule has 0 radical (unpaired) electrons. The van der Waals surface area contributed by atoms with Crippen molar-refractivity contribution in [3.63, 3.8) is 0 Å². The Morgan fingerprint density at radius 3 is 2.75 bits per heavy atom. The van der Waals surface area contributed by atoms with Crippen LogP contribution in [-0.2, 0) is 7.05 Å². The summed E-state index contributed by atoms with van der Waals surface area (Å²) < 4.78 is 2.95. The average molecular weight is 388 g/mol. The number of anilines is 1. The van der Waals surface area contributed by atoms with E-state index in [0.717, 1.165) is 20.9 Å². The van der Waals surface area contributed by atoms with Gasteiger partial charge in [-0.05, 0) is 33.6 Å². The van der Waals surface area contributed by atoms with Crippen LogP contribution in [0.15, 0.2) is 47.2 Å². The molecule has 2 N–H and O–H groups in total. The number of aryl methyl sites for hydroxylation is 1. The zero-order valence-corrected chi connectivity index (χ0v) is 15.0. The molecule has 2 aromatic heterocycles.